The van der Waals surface area contributed by atoms with E-state index in [1.165, 1.54) is 11.3 Å². The van der Waals surface area contributed by atoms with Crippen molar-refractivity contribution in [3.63, 3.8) is 0 Å². The van der Waals surface area contributed by atoms with E-state index in [0.717, 1.165) is 37.6 Å². The zero-order valence-electron chi connectivity index (χ0n) is 16.7. The molecule has 0 bridgehead atoms. The molecule has 2 aromatic heterocycles. The first-order valence-electron chi connectivity index (χ1n) is 9.22. The Balaban J connectivity index is 1.56. The molecule has 0 radical (unpaired) electrons. The average Bonchev–Trinajstić information content (AvgIpc) is 3.31. The first-order valence-corrected chi connectivity index (χ1v) is 10.9. The van der Waals surface area contributed by atoms with Crippen molar-refractivity contribution in [2.45, 2.75) is 13.3 Å². The number of hydrogen-bond donors (Lipinski definition) is 1. The summed E-state index contributed by atoms with van der Waals surface area (Å²) in [6.45, 7) is 2.01. The highest BCUT2D eigenvalue weighted by Crippen LogP contribution is 2.33. The van der Waals surface area contributed by atoms with Crippen molar-refractivity contribution >= 4 is 43.8 Å². The van der Waals surface area contributed by atoms with Crippen molar-refractivity contribution in [3.8, 4) is 22.8 Å². The number of carbonyl (C=O) groups excluding carboxylic acids is 1. The number of rotatable bonds is 6. The molecule has 0 aliphatic carbocycles. The maximum absolute atomic E-state index is 12.6. The van der Waals surface area contributed by atoms with E-state index in [2.05, 4.69) is 21.2 Å². The van der Waals surface area contributed by atoms with E-state index >= 15 is 0 Å². The molecule has 0 aliphatic heterocycles. The number of aryl methyl sites for hydroxylation is 1. The van der Waals surface area contributed by atoms with Crippen LogP contribution < -0.4 is 14.8 Å². The SMILES string of the molecule is COc1ccc(-c2cn3c(CC(=O)Nc4ccc(C)cc4Br)csc3n2)cc1OC. The van der Waals surface area contributed by atoms with Gasteiger partial charge in [-0.15, -0.1) is 11.3 Å². The number of benzene rings is 2. The summed E-state index contributed by atoms with van der Waals surface area (Å²) in [4.78, 5) is 18.1. The number of ether oxygens (including phenoxy) is 2. The van der Waals surface area contributed by atoms with E-state index in [4.69, 9.17) is 14.5 Å². The van der Waals surface area contributed by atoms with Crippen LogP contribution in [0.2, 0.25) is 0 Å². The summed E-state index contributed by atoms with van der Waals surface area (Å²) in [7, 11) is 3.22. The predicted molar refractivity (Wildman–Crippen MR) is 123 cm³/mol. The second-order valence-electron chi connectivity index (χ2n) is 6.78. The van der Waals surface area contributed by atoms with Gasteiger partial charge in [0.15, 0.2) is 16.5 Å². The molecule has 0 atom stereocenters. The van der Waals surface area contributed by atoms with Gasteiger partial charge in [0.1, 0.15) is 0 Å². The van der Waals surface area contributed by atoms with Gasteiger partial charge in [0.25, 0.3) is 0 Å². The topological polar surface area (TPSA) is 64.9 Å². The van der Waals surface area contributed by atoms with Crippen molar-refractivity contribution in [3.05, 3.63) is 63.7 Å². The Hall–Kier alpha value is -2.84. The quantitative estimate of drug-likeness (QED) is 0.400. The van der Waals surface area contributed by atoms with Gasteiger partial charge in [0.2, 0.25) is 5.91 Å². The number of thiazole rings is 1. The maximum Gasteiger partial charge on any atom is 0.230 e. The normalized spacial score (nSPS) is 10.9. The van der Waals surface area contributed by atoms with Gasteiger partial charge in [-0.05, 0) is 58.7 Å². The lowest BCUT2D eigenvalue weighted by Gasteiger charge is -2.08. The van der Waals surface area contributed by atoms with E-state index < -0.39 is 0 Å². The van der Waals surface area contributed by atoms with Crippen molar-refractivity contribution in [2.75, 3.05) is 19.5 Å². The Labute approximate surface area is 186 Å². The molecule has 0 saturated heterocycles. The van der Waals surface area contributed by atoms with E-state index in [1.54, 1.807) is 14.2 Å². The molecule has 4 rings (SSSR count). The Morgan fingerprint density at radius 2 is 1.97 bits per heavy atom. The third-order valence-corrected chi connectivity index (χ3v) is 6.25. The van der Waals surface area contributed by atoms with Crippen LogP contribution in [-0.2, 0) is 11.2 Å². The number of methoxy groups -OCH3 is 2. The molecule has 1 amide bonds. The van der Waals surface area contributed by atoms with Crippen LogP contribution in [0.5, 0.6) is 11.5 Å². The molecule has 154 valence electrons. The summed E-state index contributed by atoms with van der Waals surface area (Å²) >= 11 is 5.00. The zero-order chi connectivity index (χ0) is 21.3. The lowest BCUT2D eigenvalue weighted by Crippen LogP contribution is -2.15. The zero-order valence-corrected chi connectivity index (χ0v) is 19.1. The number of nitrogens with one attached hydrogen (secondary N) is 1. The van der Waals surface area contributed by atoms with Crippen molar-refractivity contribution in [1.82, 2.24) is 9.38 Å². The standard InChI is InChI=1S/C22H20BrN3O3S/c1-13-4-6-17(16(23)8-13)24-21(27)10-15-12-30-22-25-18(11-26(15)22)14-5-7-19(28-2)20(9-14)29-3/h4-9,11-12H,10H2,1-3H3,(H,24,27). The van der Waals surface area contributed by atoms with Crippen LogP contribution >= 0.6 is 27.3 Å². The summed E-state index contributed by atoms with van der Waals surface area (Å²) in [5.74, 6) is 1.23. The average molecular weight is 486 g/mol. The van der Waals surface area contributed by atoms with Crippen LogP contribution in [0.1, 0.15) is 11.3 Å². The molecule has 6 nitrogen and oxygen atoms in total. The van der Waals surface area contributed by atoms with Gasteiger partial charge in [-0.25, -0.2) is 4.98 Å². The van der Waals surface area contributed by atoms with Gasteiger partial charge in [0.05, 0.1) is 32.0 Å². The molecule has 1 N–H and O–H groups in total. The molecular weight excluding hydrogens is 466 g/mol. The Morgan fingerprint density at radius 1 is 1.17 bits per heavy atom. The lowest BCUT2D eigenvalue weighted by atomic mass is 10.1. The molecule has 2 heterocycles. The largest absolute Gasteiger partial charge is 0.493 e. The minimum absolute atomic E-state index is 0.0828. The number of aromatic nitrogens is 2. The monoisotopic (exact) mass is 485 g/mol. The van der Waals surface area contributed by atoms with Crippen LogP contribution in [0.15, 0.2) is 52.4 Å². The molecular formula is C22H20BrN3O3S. The molecule has 0 unspecified atom stereocenters. The number of imidazole rings is 1. The Kier molecular flexibility index (Phi) is 5.78. The summed E-state index contributed by atoms with van der Waals surface area (Å²) in [6, 6.07) is 11.5. The highest BCUT2D eigenvalue weighted by molar-refractivity contribution is 9.10. The number of nitrogens with zero attached hydrogens (tertiary/aromatic N) is 2. The highest BCUT2D eigenvalue weighted by Gasteiger charge is 2.15. The van der Waals surface area contributed by atoms with E-state index in [0.29, 0.717) is 11.5 Å². The minimum Gasteiger partial charge on any atom is -0.493 e. The fraction of sp³-hybridized carbons (Fsp3) is 0.182. The van der Waals surface area contributed by atoms with Gasteiger partial charge in [-0.1, -0.05) is 6.07 Å². The van der Waals surface area contributed by atoms with Crippen molar-refractivity contribution in [1.29, 1.82) is 0 Å². The Bertz CT molecular complexity index is 1230. The fourth-order valence-corrected chi connectivity index (χ4v) is 4.64. The van der Waals surface area contributed by atoms with Crippen LogP contribution in [0, 0.1) is 6.92 Å². The number of halogens is 1. The molecule has 30 heavy (non-hydrogen) atoms. The summed E-state index contributed by atoms with van der Waals surface area (Å²) in [6.07, 6.45) is 2.19. The van der Waals surface area contributed by atoms with Gasteiger partial charge < -0.3 is 14.8 Å². The van der Waals surface area contributed by atoms with Crippen molar-refractivity contribution < 1.29 is 14.3 Å². The van der Waals surface area contributed by atoms with Crippen LogP contribution in [0.4, 0.5) is 5.69 Å². The summed E-state index contributed by atoms with van der Waals surface area (Å²) < 4.78 is 13.5. The molecule has 0 saturated carbocycles. The van der Waals surface area contributed by atoms with E-state index in [9.17, 15) is 4.79 Å². The minimum atomic E-state index is -0.0828. The predicted octanol–water partition coefficient (Wildman–Crippen LogP) is 5.33. The summed E-state index contributed by atoms with van der Waals surface area (Å²) in [5, 5.41) is 4.92. The van der Waals surface area contributed by atoms with Crippen molar-refractivity contribution in [2.24, 2.45) is 0 Å². The van der Waals surface area contributed by atoms with Gasteiger partial charge in [0, 0.05) is 27.3 Å². The first kappa shape index (κ1) is 20.4. The third kappa shape index (κ3) is 4.06. The van der Waals surface area contributed by atoms with E-state index in [1.807, 2.05) is 59.3 Å². The van der Waals surface area contributed by atoms with Gasteiger partial charge in [-0.2, -0.15) is 0 Å². The number of anilines is 1. The first-order chi connectivity index (χ1) is 14.5. The second kappa shape index (κ2) is 8.49. The smallest absolute Gasteiger partial charge is 0.230 e. The van der Waals surface area contributed by atoms with Gasteiger partial charge in [-0.3, -0.25) is 9.20 Å². The maximum atomic E-state index is 12.6. The molecule has 8 heteroatoms. The number of carbonyl (C=O) groups is 1. The molecule has 4 aromatic rings. The molecule has 0 aliphatic rings. The third-order valence-electron chi connectivity index (χ3n) is 4.70. The van der Waals surface area contributed by atoms with Gasteiger partial charge >= 0.3 is 0 Å². The lowest BCUT2D eigenvalue weighted by molar-refractivity contribution is -0.115. The van der Waals surface area contributed by atoms with E-state index in [-0.39, 0.29) is 12.3 Å². The fourth-order valence-electron chi connectivity index (χ4n) is 3.17. The Morgan fingerprint density at radius 3 is 2.70 bits per heavy atom. The highest BCUT2D eigenvalue weighted by atomic mass is 79.9. The van der Waals surface area contributed by atoms with Crippen LogP contribution in [-0.4, -0.2) is 29.5 Å². The number of hydrogen-bond acceptors (Lipinski definition) is 5. The molecule has 0 fully saturated rings. The number of fused-ring (bicyclic) bond motifs is 1. The summed E-state index contributed by atoms with van der Waals surface area (Å²) in [5.41, 5.74) is 4.50. The van der Waals surface area contributed by atoms with Crippen LogP contribution in [0.3, 0.4) is 0 Å². The number of amides is 1. The van der Waals surface area contributed by atoms with Crippen LogP contribution in [0.25, 0.3) is 16.2 Å². The second-order valence-corrected chi connectivity index (χ2v) is 8.47. The molecule has 0 spiro atoms. The molecule has 2 aromatic carbocycles.